The Hall–Kier alpha value is -3.12. The molecule has 1 aromatic heterocycles. The summed E-state index contributed by atoms with van der Waals surface area (Å²) in [5.41, 5.74) is 10.5. The van der Waals surface area contributed by atoms with Gasteiger partial charge in [-0.1, -0.05) is 30.3 Å². The van der Waals surface area contributed by atoms with Crippen molar-refractivity contribution in [2.45, 2.75) is 19.5 Å². The van der Waals surface area contributed by atoms with Crippen LogP contribution in [0.2, 0.25) is 0 Å². The topological polar surface area (TPSA) is 76.3 Å². The number of fused-ring (bicyclic) bond motifs is 1. The van der Waals surface area contributed by atoms with Crippen molar-refractivity contribution in [1.29, 1.82) is 0 Å². The number of nitrogens with zero attached hydrogens (tertiary/aromatic N) is 3. The summed E-state index contributed by atoms with van der Waals surface area (Å²) >= 11 is 0. The predicted molar refractivity (Wildman–Crippen MR) is 107 cm³/mol. The van der Waals surface area contributed by atoms with Gasteiger partial charge in [-0.05, 0) is 36.2 Å². The quantitative estimate of drug-likeness (QED) is 0.726. The molecular weight excluding hydrogens is 338 g/mol. The Bertz CT molecular complexity index is 912. The molecule has 2 heterocycles. The number of methoxy groups -OCH3 is 1. The zero-order valence-corrected chi connectivity index (χ0v) is 15.4. The smallest absolute Gasteiger partial charge is 0.229 e. The molecule has 1 aliphatic rings. The van der Waals surface area contributed by atoms with Gasteiger partial charge < -0.3 is 15.8 Å². The van der Waals surface area contributed by atoms with Crippen LogP contribution in [-0.2, 0) is 19.5 Å². The maximum absolute atomic E-state index is 6.21. The fourth-order valence-corrected chi connectivity index (χ4v) is 3.35. The van der Waals surface area contributed by atoms with Crippen molar-refractivity contribution in [1.82, 2.24) is 14.9 Å². The van der Waals surface area contributed by atoms with Crippen molar-refractivity contribution >= 4 is 17.5 Å². The zero-order valence-electron chi connectivity index (χ0n) is 15.4. The minimum atomic E-state index is 0.526. The molecule has 3 aromatic rings. The number of nitrogens with one attached hydrogen (secondary N) is 1. The highest BCUT2D eigenvalue weighted by atomic mass is 16.5. The monoisotopic (exact) mass is 361 g/mol. The van der Waals surface area contributed by atoms with E-state index in [2.05, 4.69) is 39.5 Å². The second-order valence-corrected chi connectivity index (χ2v) is 6.66. The molecule has 4 rings (SSSR count). The largest absolute Gasteiger partial charge is 0.497 e. The fourth-order valence-electron chi connectivity index (χ4n) is 3.35. The van der Waals surface area contributed by atoms with Gasteiger partial charge in [0.25, 0.3) is 0 Å². The third-order valence-corrected chi connectivity index (χ3v) is 4.77. The van der Waals surface area contributed by atoms with Crippen LogP contribution in [0.4, 0.5) is 17.5 Å². The van der Waals surface area contributed by atoms with E-state index in [0.717, 1.165) is 48.7 Å². The van der Waals surface area contributed by atoms with Gasteiger partial charge in [0.15, 0.2) is 0 Å². The number of ether oxygens (including phenoxy) is 1. The molecule has 0 spiro atoms. The van der Waals surface area contributed by atoms with Gasteiger partial charge in [-0.3, -0.25) is 4.90 Å². The van der Waals surface area contributed by atoms with Crippen molar-refractivity contribution in [2.24, 2.45) is 0 Å². The van der Waals surface area contributed by atoms with Gasteiger partial charge in [0.1, 0.15) is 11.6 Å². The van der Waals surface area contributed by atoms with Crippen LogP contribution in [0, 0.1) is 0 Å². The molecule has 0 saturated heterocycles. The first-order valence-electron chi connectivity index (χ1n) is 9.04. The molecule has 0 fully saturated rings. The summed E-state index contributed by atoms with van der Waals surface area (Å²) in [5.74, 6) is 1.90. The number of aromatic nitrogens is 2. The first kappa shape index (κ1) is 17.3. The van der Waals surface area contributed by atoms with Crippen molar-refractivity contribution in [3.8, 4) is 5.75 Å². The minimum Gasteiger partial charge on any atom is -0.497 e. The Balaban J connectivity index is 1.51. The van der Waals surface area contributed by atoms with Gasteiger partial charge in [0.2, 0.25) is 5.95 Å². The third kappa shape index (κ3) is 4.01. The number of nitrogens with two attached hydrogens (primary N) is 1. The van der Waals surface area contributed by atoms with Crippen LogP contribution in [-0.4, -0.2) is 28.5 Å². The van der Waals surface area contributed by atoms with Crippen molar-refractivity contribution < 1.29 is 4.74 Å². The second kappa shape index (κ2) is 7.63. The van der Waals surface area contributed by atoms with E-state index < -0.39 is 0 Å². The van der Waals surface area contributed by atoms with Gasteiger partial charge in [0, 0.05) is 30.9 Å². The summed E-state index contributed by atoms with van der Waals surface area (Å²) in [5, 5.41) is 3.23. The second-order valence-electron chi connectivity index (χ2n) is 6.66. The SMILES string of the molecule is COc1ccc(Nc2nc(N)c3c(n2)CN(Cc2ccccc2)CC3)cc1. The van der Waals surface area contributed by atoms with Crippen LogP contribution in [0.3, 0.4) is 0 Å². The standard InChI is InChI=1S/C21H23N5O/c1-27-17-9-7-16(8-10-17)23-21-24-19-14-26(12-11-18(19)20(22)25-21)13-15-5-3-2-4-6-15/h2-10H,11-14H2,1H3,(H3,22,23,24,25). The predicted octanol–water partition coefficient (Wildman–Crippen LogP) is 3.37. The van der Waals surface area contributed by atoms with Crippen LogP contribution < -0.4 is 15.8 Å². The molecule has 2 aromatic carbocycles. The Labute approximate surface area is 159 Å². The molecular formula is C21H23N5O. The van der Waals surface area contributed by atoms with Crippen LogP contribution in [0.1, 0.15) is 16.8 Å². The molecule has 0 amide bonds. The molecule has 138 valence electrons. The Morgan fingerprint density at radius 1 is 1.07 bits per heavy atom. The molecule has 3 N–H and O–H groups in total. The fraction of sp³-hybridized carbons (Fsp3) is 0.238. The molecule has 0 aliphatic carbocycles. The van der Waals surface area contributed by atoms with Gasteiger partial charge >= 0.3 is 0 Å². The first-order chi connectivity index (χ1) is 13.2. The Morgan fingerprint density at radius 2 is 1.85 bits per heavy atom. The van der Waals surface area contributed by atoms with Gasteiger partial charge in [-0.15, -0.1) is 0 Å². The van der Waals surface area contributed by atoms with Crippen LogP contribution >= 0.6 is 0 Å². The average molecular weight is 361 g/mol. The molecule has 0 saturated carbocycles. The first-order valence-corrected chi connectivity index (χ1v) is 9.04. The number of nitrogen functional groups attached to an aromatic ring is 1. The normalized spacial score (nSPS) is 13.8. The van der Waals surface area contributed by atoms with Crippen LogP contribution in [0.5, 0.6) is 5.75 Å². The summed E-state index contributed by atoms with van der Waals surface area (Å²) in [7, 11) is 1.65. The Morgan fingerprint density at radius 3 is 2.59 bits per heavy atom. The van der Waals surface area contributed by atoms with Crippen molar-refractivity contribution in [3.63, 3.8) is 0 Å². The minimum absolute atomic E-state index is 0.526. The Kier molecular flexibility index (Phi) is 4.89. The number of rotatable bonds is 5. The van der Waals surface area contributed by atoms with Gasteiger partial charge in [0.05, 0.1) is 12.8 Å². The van der Waals surface area contributed by atoms with E-state index in [0.29, 0.717) is 11.8 Å². The van der Waals surface area contributed by atoms with E-state index in [-0.39, 0.29) is 0 Å². The molecule has 6 heteroatoms. The van der Waals surface area contributed by atoms with E-state index in [1.54, 1.807) is 7.11 Å². The summed E-state index contributed by atoms with van der Waals surface area (Å²) in [6.07, 6.45) is 0.872. The molecule has 0 atom stereocenters. The molecule has 6 nitrogen and oxygen atoms in total. The number of anilines is 3. The maximum atomic E-state index is 6.21. The average Bonchev–Trinajstić information content (AvgIpc) is 2.69. The van der Waals surface area contributed by atoms with E-state index in [1.807, 2.05) is 30.3 Å². The van der Waals surface area contributed by atoms with E-state index >= 15 is 0 Å². The van der Waals surface area contributed by atoms with E-state index in [4.69, 9.17) is 15.5 Å². The highest BCUT2D eigenvalue weighted by Crippen LogP contribution is 2.25. The summed E-state index contributed by atoms with van der Waals surface area (Å²) in [6.45, 7) is 2.64. The molecule has 27 heavy (non-hydrogen) atoms. The highest BCUT2D eigenvalue weighted by Gasteiger charge is 2.21. The zero-order chi connectivity index (χ0) is 18.6. The summed E-state index contributed by atoms with van der Waals surface area (Å²) < 4.78 is 5.19. The lowest BCUT2D eigenvalue weighted by atomic mass is 10.0. The third-order valence-electron chi connectivity index (χ3n) is 4.77. The lowest BCUT2D eigenvalue weighted by Gasteiger charge is -2.28. The van der Waals surface area contributed by atoms with Crippen molar-refractivity contribution in [3.05, 3.63) is 71.4 Å². The molecule has 0 unspecified atom stereocenters. The summed E-state index contributed by atoms with van der Waals surface area (Å²) in [4.78, 5) is 11.6. The molecule has 0 radical (unpaired) electrons. The maximum Gasteiger partial charge on any atom is 0.229 e. The number of benzene rings is 2. The summed E-state index contributed by atoms with van der Waals surface area (Å²) in [6, 6.07) is 18.1. The number of hydrogen-bond donors (Lipinski definition) is 2. The van der Waals surface area contributed by atoms with Gasteiger partial charge in [-0.25, -0.2) is 4.98 Å². The van der Waals surface area contributed by atoms with Crippen molar-refractivity contribution in [2.75, 3.05) is 24.7 Å². The van der Waals surface area contributed by atoms with Crippen LogP contribution in [0.25, 0.3) is 0 Å². The lowest BCUT2D eigenvalue weighted by molar-refractivity contribution is 0.241. The van der Waals surface area contributed by atoms with E-state index in [9.17, 15) is 0 Å². The van der Waals surface area contributed by atoms with E-state index in [1.165, 1.54) is 5.56 Å². The molecule has 1 aliphatic heterocycles. The number of hydrogen-bond acceptors (Lipinski definition) is 6. The lowest BCUT2D eigenvalue weighted by Crippen LogP contribution is -2.31. The van der Waals surface area contributed by atoms with Gasteiger partial charge in [-0.2, -0.15) is 4.98 Å². The highest BCUT2D eigenvalue weighted by molar-refractivity contribution is 5.57. The van der Waals surface area contributed by atoms with Crippen LogP contribution in [0.15, 0.2) is 54.6 Å². The molecule has 0 bridgehead atoms.